The maximum Gasteiger partial charge on any atom is 0.433 e. The van der Waals surface area contributed by atoms with Crippen LogP contribution >= 0.6 is 24.8 Å². The molecule has 0 radical (unpaired) electrons. The van der Waals surface area contributed by atoms with Gasteiger partial charge in [-0.05, 0) is 30.9 Å². The number of amides is 1. The van der Waals surface area contributed by atoms with Gasteiger partial charge in [-0.15, -0.1) is 24.8 Å². The maximum atomic E-state index is 12.4. The van der Waals surface area contributed by atoms with Crippen LogP contribution in [0.3, 0.4) is 0 Å². The summed E-state index contributed by atoms with van der Waals surface area (Å²) in [6.45, 7) is 0.324. The number of nitrogens with two attached hydrogens (primary N) is 1. The van der Waals surface area contributed by atoms with Crippen LogP contribution in [-0.4, -0.2) is 23.5 Å². The lowest BCUT2D eigenvalue weighted by Crippen LogP contribution is -2.45. The maximum absolute atomic E-state index is 12.4. The molecule has 0 aliphatic heterocycles. The smallest absolute Gasteiger partial charge is 0.348 e. The highest BCUT2D eigenvalue weighted by Gasteiger charge is 2.32. The van der Waals surface area contributed by atoms with E-state index < -0.39 is 17.8 Å². The molecule has 1 aliphatic carbocycles. The Morgan fingerprint density at radius 2 is 1.88 bits per heavy atom. The average Bonchev–Trinajstić information content (AvgIpc) is 2.52. The summed E-state index contributed by atoms with van der Waals surface area (Å²) in [5.41, 5.74) is 4.84. The van der Waals surface area contributed by atoms with E-state index in [9.17, 15) is 18.0 Å². The third-order valence-electron chi connectivity index (χ3n) is 4.11. The molecule has 1 heterocycles. The fourth-order valence-electron chi connectivity index (χ4n) is 2.85. The zero-order chi connectivity index (χ0) is 16.2. The molecule has 138 valence electrons. The fourth-order valence-corrected chi connectivity index (χ4v) is 2.85. The lowest BCUT2D eigenvalue weighted by molar-refractivity contribution is -0.141. The summed E-state index contributed by atoms with van der Waals surface area (Å²) in [7, 11) is 0. The van der Waals surface area contributed by atoms with Gasteiger partial charge in [0.2, 0.25) is 0 Å². The lowest BCUT2D eigenvalue weighted by atomic mass is 9.84. The number of pyridine rings is 1. The van der Waals surface area contributed by atoms with E-state index in [1.54, 1.807) is 0 Å². The molecule has 0 spiro atoms. The minimum Gasteiger partial charge on any atom is -0.348 e. The average molecular weight is 388 g/mol. The molecule has 0 aromatic carbocycles. The van der Waals surface area contributed by atoms with Gasteiger partial charge in [0.15, 0.2) is 0 Å². The van der Waals surface area contributed by atoms with Crippen molar-refractivity contribution in [1.82, 2.24) is 10.3 Å². The molecule has 24 heavy (non-hydrogen) atoms. The van der Waals surface area contributed by atoms with Crippen molar-refractivity contribution >= 4 is 30.7 Å². The van der Waals surface area contributed by atoms with Gasteiger partial charge in [0.1, 0.15) is 5.69 Å². The number of nitrogens with one attached hydrogen (secondary N) is 1. The Balaban J connectivity index is 0.00000264. The van der Waals surface area contributed by atoms with E-state index in [-0.39, 0.29) is 36.4 Å². The highest BCUT2D eigenvalue weighted by Crippen LogP contribution is 2.28. The molecule has 0 saturated heterocycles. The number of halogens is 5. The van der Waals surface area contributed by atoms with Crippen LogP contribution in [-0.2, 0) is 6.18 Å². The number of carbonyl (C=O) groups excluding carboxylic acids is 1. The Morgan fingerprint density at radius 1 is 1.25 bits per heavy atom. The first-order valence-corrected chi connectivity index (χ1v) is 7.46. The molecular weight excluding hydrogens is 366 g/mol. The first kappa shape index (κ1) is 22.9. The van der Waals surface area contributed by atoms with Gasteiger partial charge in [-0.25, -0.2) is 0 Å². The minimum atomic E-state index is -4.50. The number of carbonyl (C=O) groups is 1. The van der Waals surface area contributed by atoms with Crippen LogP contribution in [0.1, 0.15) is 48.2 Å². The molecule has 9 heteroatoms. The van der Waals surface area contributed by atoms with Crippen molar-refractivity contribution in [1.29, 1.82) is 0 Å². The largest absolute Gasteiger partial charge is 0.433 e. The van der Waals surface area contributed by atoms with E-state index in [1.807, 2.05) is 0 Å². The SMILES string of the molecule is Cl.Cl.NCC(NC(=O)c1ccc(C(F)(F)F)nc1)C1CCCCC1. The second-order valence-electron chi connectivity index (χ2n) is 5.64. The van der Waals surface area contributed by atoms with Crippen LogP contribution in [0.25, 0.3) is 0 Å². The number of aromatic nitrogens is 1. The summed E-state index contributed by atoms with van der Waals surface area (Å²) in [6, 6.07) is 1.81. The third-order valence-corrected chi connectivity index (χ3v) is 4.11. The molecule has 1 aromatic rings. The van der Waals surface area contributed by atoms with Crippen LogP contribution in [0.4, 0.5) is 13.2 Å². The van der Waals surface area contributed by atoms with Crippen molar-refractivity contribution in [2.75, 3.05) is 6.54 Å². The minimum absolute atomic E-state index is 0. The summed E-state index contributed by atoms with van der Waals surface area (Å²) >= 11 is 0. The monoisotopic (exact) mass is 387 g/mol. The Kier molecular flexibility index (Phi) is 9.62. The molecule has 1 atom stereocenters. The van der Waals surface area contributed by atoms with Gasteiger partial charge in [-0.2, -0.15) is 13.2 Å². The quantitative estimate of drug-likeness (QED) is 0.829. The molecule has 1 fully saturated rings. The van der Waals surface area contributed by atoms with Gasteiger partial charge in [0, 0.05) is 18.8 Å². The highest BCUT2D eigenvalue weighted by molar-refractivity contribution is 5.94. The molecule has 4 nitrogen and oxygen atoms in total. The predicted molar refractivity (Wildman–Crippen MR) is 90.6 cm³/mol. The van der Waals surface area contributed by atoms with Gasteiger partial charge >= 0.3 is 6.18 Å². The summed E-state index contributed by atoms with van der Waals surface area (Å²) in [5.74, 6) is -0.0904. The van der Waals surface area contributed by atoms with E-state index in [1.165, 1.54) is 6.42 Å². The lowest BCUT2D eigenvalue weighted by Gasteiger charge is -2.30. The molecular formula is C15H22Cl2F3N3O. The Labute approximate surface area is 151 Å². The van der Waals surface area contributed by atoms with Gasteiger partial charge < -0.3 is 11.1 Å². The van der Waals surface area contributed by atoms with Crippen molar-refractivity contribution < 1.29 is 18.0 Å². The molecule has 1 saturated carbocycles. The first-order valence-electron chi connectivity index (χ1n) is 7.46. The topological polar surface area (TPSA) is 68.0 Å². The second-order valence-corrected chi connectivity index (χ2v) is 5.64. The van der Waals surface area contributed by atoms with E-state index >= 15 is 0 Å². The fraction of sp³-hybridized carbons (Fsp3) is 0.600. The van der Waals surface area contributed by atoms with Gasteiger partial charge in [0.25, 0.3) is 5.91 Å². The molecule has 1 amide bonds. The molecule has 0 bridgehead atoms. The van der Waals surface area contributed by atoms with E-state index in [4.69, 9.17) is 5.73 Å². The molecule has 3 N–H and O–H groups in total. The normalized spacial score (nSPS) is 16.5. The first-order chi connectivity index (χ1) is 10.4. The molecule has 1 aliphatic rings. The zero-order valence-corrected chi connectivity index (χ0v) is 14.6. The highest BCUT2D eigenvalue weighted by atomic mass is 35.5. The summed E-state index contributed by atoms with van der Waals surface area (Å²) in [4.78, 5) is 15.4. The second kappa shape index (κ2) is 10.1. The Morgan fingerprint density at radius 3 is 2.33 bits per heavy atom. The van der Waals surface area contributed by atoms with Crippen molar-refractivity contribution in [3.05, 3.63) is 29.6 Å². The van der Waals surface area contributed by atoms with Crippen molar-refractivity contribution in [3.8, 4) is 0 Å². The number of nitrogens with zero attached hydrogens (tertiary/aromatic N) is 1. The molecule has 1 unspecified atom stereocenters. The molecule has 1 aromatic heterocycles. The van der Waals surface area contributed by atoms with Crippen LogP contribution in [0.15, 0.2) is 18.3 Å². The van der Waals surface area contributed by atoms with Crippen LogP contribution in [0.2, 0.25) is 0 Å². The van der Waals surface area contributed by atoms with Crippen LogP contribution < -0.4 is 11.1 Å². The van der Waals surface area contributed by atoms with Crippen molar-refractivity contribution in [3.63, 3.8) is 0 Å². The number of hydrogen-bond acceptors (Lipinski definition) is 3. The van der Waals surface area contributed by atoms with Crippen LogP contribution in [0, 0.1) is 5.92 Å². The Bertz CT molecular complexity index is 506. The standard InChI is InChI=1S/C15H20F3N3O.2ClH/c16-15(17,18)13-7-6-11(9-20-13)14(22)21-12(8-19)10-4-2-1-3-5-10;;/h6-7,9-10,12H,1-5,8,19H2,(H,21,22);2*1H. The van der Waals surface area contributed by atoms with E-state index in [0.717, 1.165) is 44.0 Å². The van der Waals surface area contributed by atoms with E-state index in [0.29, 0.717) is 12.5 Å². The zero-order valence-electron chi connectivity index (χ0n) is 13.0. The predicted octanol–water partition coefficient (Wildman–Crippen LogP) is 3.58. The molecule has 2 rings (SSSR count). The van der Waals surface area contributed by atoms with E-state index in [2.05, 4.69) is 10.3 Å². The van der Waals surface area contributed by atoms with Gasteiger partial charge in [-0.1, -0.05) is 19.3 Å². The van der Waals surface area contributed by atoms with Gasteiger partial charge in [0.05, 0.1) is 5.56 Å². The van der Waals surface area contributed by atoms with Crippen LogP contribution in [0.5, 0.6) is 0 Å². The number of hydrogen-bond donors (Lipinski definition) is 2. The summed E-state index contributed by atoms with van der Waals surface area (Å²) < 4.78 is 37.3. The van der Waals surface area contributed by atoms with Gasteiger partial charge in [-0.3, -0.25) is 9.78 Å². The third kappa shape index (κ3) is 6.11. The summed E-state index contributed by atoms with van der Waals surface area (Å²) in [5, 5.41) is 2.83. The van der Waals surface area contributed by atoms with Crippen molar-refractivity contribution in [2.24, 2.45) is 11.7 Å². The Hall–Kier alpha value is -1.05. The number of rotatable bonds is 4. The number of alkyl halides is 3. The van der Waals surface area contributed by atoms with Crippen molar-refractivity contribution in [2.45, 2.75) is 44.3 Å². The summed E-state index contributed by atoms with van der Waals surface area (Å²) in [6.07, 6.45) is 1.94.